The van der Waals surface area contributed by atoms with Crippen LogP contribution in [-0.4, -0.2) is 25.0 Å². The van der Waals surface area contributed by atoms with E-state index >= 15 is 0 Å². The van der Waals surface area contributed by atoms with Crippen molar-refractivity contribution in [3.05, 3.63) is 89.0 Å². The molecule has 6 heteroatoms. The maximum atomic E-state index is 12.8. The smallest absolute Gasteiger partial charge is 0.262 e. The van der Waals surface area contributed by atoms with E-state index in [9.17, 15) is 9.59 Å². The third-order valence-electron chi connectivity index (χ3n) is 6.11. The maximum Gasteiger partial charge on any atom is 0.262 e. The van der Waals surface area contributed by atoms with Crippen molar-refractivity contribution < 1.29 is 14.3 Å². The van der Waals surface area contributed by atoms with Crippen LogP contribution in [0.2, 0.25) is 0 Å². The molecular weight excluding hydrogens is 402 g/mol. The molecule has 0 spiro atoms. The van der Waals surface area contributed by atoms with Gasteiger partial charge in [0, 0.05) is 24.3 Å². The molecule has 0 aliphatic carbocycles. The predicted molar refractivity (Wildman–Crippen MR) is 124 cm³/mol. The molecule has 2 heterocycles. The number of amides is 2. The van der Waals surface area contributed by atoms with Crippen molar-refractivity contribution in [3.63, 3.8) is 0 Å². The molecule has 2 aliphatic rings. The van der Waals surface area contributed by atoms with Gasteiger partial charge in [0.15, 0.2) is 6.61 Å². The average Bonchev–Trinajstić information content (AvgIpc) is 2.83. The molecule has 2 amide bonds. The first-order chi connectivity index (χ1) is 15.6. The Morgan fingerprint density at radius 3 is 2.66 bits per heavy atom. The predicted octanol–water partition coefficient (Wildman–Crippen LogP) is 4.07. The molecule has 0 radical (unpaired) electrons. The number of ether oxygens (including phenoxy) is 1. The Bertz CT molecular complexity index is 1170. The van der Waals surface area contributed by atoms with Crippen LogP contribution in [0, 0.1) is 0 Å². The standard InChI is InChI=1S/C26H25N3O3/c1-17(20-8-11-24-23(14-20)28-25(30)16-32-24)27-26(31)19-6-9-22(10-7-19)29-13-12-18-4-2-3-5-21(18)15-29/h2-11,14,17H,12-13,15-16H2,1H3,(H,27,31)(H,28,30). The highest BCUT2D eigenvalue weighted by molar-refractivity contribution is 5.96. The highest BCUT2D eigenvalue weighted by Gasteiger charge is 2.19. The zero-order chi connectivity index (χ0) is 22.1. The maximum absolute atomic E-state index is 12.8. The SMILES string of the molecule is CC(NC(=O)c1ccc(N2CCc3ccccc3C2)cc1)c1ccc2c(c1)NC(=O)CO2. The van der Waals surface area contributed by atoms with Crippen molar-refractivity contribution in [2.24, 2.45) is 0 Å². The van der Waals surface area contributed by atoms with E-state index in [1.165, 1.54) is 11.1 Å². The fourth-order valence-electron chi connectivity index (χ4n) is 4.27. The summed E-state index contributed by atoms with van der Waals surface area (Å²) >= 11 is 0. The summed E-state index contributed by atoms with van der Waals surface area (Å²) in [6.07, 6.45) is 1.03. The molecule has 162 valence electrons. The Balaban J connectivity index is 1.24. The summed E-state index contributed by atoms with van der Waals surface area (Å²) in [6.45, 7) is 3.80. The molecular formula is C26H25N3O3. The van der Waals surface area contributed by atoms with E-state index in [4.69, 9.17) is 4.74 Å². The lowest BCUT2D eigenvalue weighted by atomic mass is 9.99. The molecule has 3 aromatic rings. The van der Waals surface area contributed by atoms with Crippen molar-refractivity contribution in [2.45, 2.75) is 25.9 Å². The molecule has 0 saturated carbocycles. The summed E-state index contributed by atoms with van der Waals surface area (Å²) in [6, 6.07) is 21.7. The van der Waals surface area contributed by atoms with Crippen molar-refractivity contribution in [3.8, 4) is 5.75 Å². The van der Waals surface area contributed by atoms with Crippen LogP contribution in [0.3, 0.4) is 0 Å². The Kier molecular flexibility index (Phi) is 5.27. The summed E-state index contributed by atoms with van der Waals surface area (Å²) in [5, 5.41) is 5.84. The minimum atomic E-state index is -0.218. The number of carbonyl (C=O) groups excluding carboxylic acids is 2. The number of hydrogen-bond donors (Lipinski definition) is 2. The fraction of sp³-hybridized carbons (Fsp3) is 0.231. The summed E-state index contributed by atoms with van der Waals surface area (Å²) in [7, 11) is 0. The van der Waals surface area contributed by atoms with Gasteiger partial charge < -0.3 is 20.3 Å². The summed E-state index contributed by atoms with van der Waals surface area (Å²) < 4.78 is 5.40. The van der Waals surface area contributed by atoms with Crippen LogP contribution >= 0.6 is 0 Å². The number of nitrogens with one attached hydrogen (secondary N) is 2. The van der Waals surface area contributed by atoms with Gasteiger partial charge >= 0.3 is 0 Å². The summed E-state index contributed by atoms with van der Waals surface area (Å²) in [5.41, 5.74) is 6.05. The largest absolute Gasteiger partial charge is 0.482 e. The Morgan fingerprint density at radius 1 is 1.06 bits per heavy atom. The van der Waals surface area contributed by atoms with Gasteiger partial charge in [-0.3, -0.25) is 9.59 Å². The number of anilines is 2. The van der Waals surface area contributed by atoms with Gasteiger partial charge in [0.1, 0.15) is 5.75 Å². The van der Waals surface area contributed by atoms with Crippen LogP contribution in [0.4, 0.5) is 11.4 Å². The van der Waals surface area contributed by atoms with Gasteiger partial charge in [0.2, 0.25) is 0 Å². The Hall–Kier alpha value is -3.80. The van der Waals surface area contributed by atoms with Gasteiger partial charge in [0.25, 0.3) is 11.8 Å². The second-order valence-electron chi connectivity index (χ2n) is 8.27. The molecule has 3 aromatic carbocycles. The van der Waals surface area contributed by atoms with Gasteiger partial charge in [-0.2, -0.15) is 0 Å². The molecule has 5 rings (SSSR count). The number of rotatable bonds is 4. The molecule has 1 atom stereocenters. The average molecular weight is 428 g/mol. The second kappa shape index (κ2) is 8.38. The lowest BCUT2D eigenvalue weighted by Gasteiger charge is -2.30. The third-order valence-corrected chi connectivity index (χ3v) is 6.11. The van der Waals surface area contributed by atoms with E-state index in [1.54, 1.807) is 0 Å². The van der Waals surface area contributed by atoms with Crippen LogP contribution in [0.25, 0.3) is 0 Å². The zero-order valence-electron chi connectivity index (χ0n) is 17.9. The second-order valence-corrected chi connectivity index (χ2v) is 8.27. The molecule has 0 saturated heterocycles. The summed E-state index contributed by atoms with van der Waals surface area (Å²) in [4.78, 5) is 26.7. The van der Waals surface area contributed by atoms with Gasteiger partial charge in [-0.1, -0.05) is 30.3 Å². The van der Waals surface area contributed by atoms with E-state index in [-0.39, 0.29) is 24.5 Å². The van der Waals surface area contributed by atoms with Gasteiger partial charge in [-0.25, -0.2) is 0 Å². The lowest BCUT2D eigenvalue weighted by molar-refractivity contribution is -0.118. The highest BCUT2D eigenvalue weighted by atomic mass is 16.5. The quantitative estimate of drug-likeness (QED) is 0.659. The van der Waals surface area contributed by atoms with Crippen molar-refractivity contribution in [1.82, 2.24) is 5.32 Å². The minimum Gasteiger partial charge on any atom is -0.482 e. The molecule has 2 N–H and O–H groups in total. The molecule has 0 aromatic heterocycles. The molecule has 2 aliphatic heterocycles. The Labute approximate surface area is 187 Å². The summed E-state index contributed by atoms with van der Waals surface area (Å²) in [5.74, 6) is 0.331. The number of nitrogens with zero attached hydrogens (tertiary/aromatic N) is 1. The van der Waals surface area contributed by atoms with Crippen molar-refractivity contribution in [2.75, 3.05) is 23.4 Å². The van der Waals surface area contributed by atoms with Crippen LogP contribution in [0.15, 0.2) is 66.7 Å². The third kappa shape index (κ3) is 4.04. The molecule has 1 unspecified atom stereocenters. The number of hydrogen-bond acceptors (Lipinski definition) is 4. The number of carbonyl (C=O) groups is 2. The minimum absolute atomic E-state index is 0.0264. The van der Waals surface area contributed by atoms with Gasteiger partial charge in [-0.05, 0) is 66.4 Å². The van der Waals surface area contributed by atoms with E-state index in [0.29, 0.717) is 17.0 Å². The topological polar surface area (TPSA) is 70.7 Å². The van der Waals surface area contributed by atoms with Crippen molar-refractivity contribution >= 4 is 23.2 Å². The van der Waals surface area contributed by atoms with E-state index in [2.05, 4.69) is 39.8 Å². The number of benzene rings is 3. The molecule has 32 heavy (non-hydrogen) atoms. The first-order valence-electron chi connectivity index (χ1n) is 10.9. The van der Waals surface area contributed by atoms with Crippen molar-refractivity contribution in [1.29, 1.82) is 0 Å². The van der Waals surface area contributed by atoms with E-state index in [0.717, 1.165) is 30.8 Å². The normalized spacial score (nSPS) is 15.7. The van der Waals surface area contributed by atoms with Gasteiger partial charge in [0.05, 0.1) is 11.7 Å². The van der Waals surface area contributed by atoms with Crippen LogP contribution in [-0.2, 0) is 17.8 Å². The molecule has 6 nitrogen and oxygen atoms in total. The highest BCUT2D eigenvalue weighted by Crippen LogP contribution is 2.31. The zero-order valence-corrected chi connectivity index (χ0v) is 17.9. The first-order valence-corrected chi connectivity index (χ1v) is 10.9. The fourth-order valence-corrected chi connectivity index (χ4v) is 4.27. The Morgan fingerprint density at radius 2 is 1.84 bits per heavy atom. The molecule has 0 fully saturated rings. The molecule has 0 bridgehead atoms. The van der Waals surface area contributed by atoms with Crippen LogP contribution in [0.5, 0.6) is 5.75 Å². The van der Waals surface area contributed by atoms with Gasteiger partial charge in [-0.15, -0.1) is 0 Å². The first kappa shape index (κ1) is 20.1. The lowest BCUT2D eigenvalue weighted by Crippen LogP contribution is -2.30. The van der Waals surface area contributed by atoms with E-state index < -0.39 is 0 Å². The number of fused-ring (bicyclic) bond motifs is 2. The van der Waals surface area contributed by atoms with Crippen LogP contribution in [0.1, 0.15) is 40.0 Å². The monoisotopic (exact) mass is 427 g/mol. The van der Waals surface area contributed by atoms with E-state index in [1.807, 2.05) is 49.4 Å². The van der Waals surface area contributed by atoms with Crippen LogP contribution < -0.4 is 20.3 Å².